The molecular weight excluding hydrogens is 226 g/mol. The van der Waals surface area contributed by atoms with E-state index in [0.29, 0.717) is 11.3 Å². The summed E-state index contributed by atoms with van der Waals surface area (Å²) in [6, 6.07) is 6.15. The molecule has 0 radical (unpaired) electrons. The molecular formula is C10H9N3O4. The molecule has 2 aromatic rings. The van der Waals surface area contributed by atoms with Crippen molar-refractivity contribution in [1.82, 2.24) is 14.8 Å². The Kier molecular flexibility index (Phi) is 2.65. The highest BCUT2D eigenvalue weighted by atomic mass is 16.4. The largest absolute Gasteiger partial charge is 0.481 e. The van der Waals surface area contributed by atoms with Gasteiger partial charge in [0.05, 0.1) is 12.1 Å². The van der Waals surface area contributed by atoms with E-state index in [0.717, 1.165) is 4.57 Å². The highest BCUT2D eigenvalue weighted by molar-refractivity contribution is 5.70. The van der Waals surface area contributed by atoms with Gasteiger partial charge in [0, 0.05) is 0 Å². The van der Waals surface area contributed by atoms with Crippen LogP contribution in [0, 0.1) is 0 Å². The zero-order chi connectivity index (χ0) is 12.4. The predicted octanol–water partition coefficient (Wildman–Crippen LogP) is -0.519. The van der Waals surface area contributed by atoms with Crippen molar-refractivity contribution in [3.05, 3.63) is 50.8 Å². The van der Waals surface area contributed by atoms with Gasteiger partial charge in [-0.15, -0.1) is 0 Å². The lowest BCUT2D eigenvalue weighted by atomic mass is 10.1. The Bertz CT molecular complexity index is 620. The molecule has 0 saturated heterocycles. The van der Waals surface area contributed by atoms with Gasteiger partial charge in [0.2, 0.25) is 0 Å². The number of aromatic amines is 2. The first kappa shape index (κ1) is 10.9. The first-order valence-electron chi connectivity index (χ1n) is 4.79. The molecule has 0 saturated carbocycles. The molecule has 1 aromatic carbocycles. The van der Waals surface area contributed by atoms with Crippen LogP contribution in [0.1, 0.15) is 5.56 Å². The molecule has 0 amide bonds. The van der Waals surface area contributed by atoms with Crippen LogP contribution in [0.3, 0.4) is 0 Å². The average molecular weight is 235 g/mol. The van der Waals surface area contributed by atoms with Gasteiger partial charge in [-0.3, -0.25) is 4.79 Å². The molecule has 2 rings (SSSR count). The Labute approximate surface area is 94.3 Å². The van der Waals surface area contributed by atoms with Crippen molar-refractivity contribution >= 4 is 5.97 Å². The minimum Gasteiger partial charge on any atom is -0.481 e. The smallest absolute Gasteiger partial charge is 0.348 e. The molecule has 1 aromatic heterocycles. The molecule has 0 aliphatic heterocycles. The van der Waals surface area contributed by atoms with Gasteiger partial charge in [0.1, 0.15) is 0 Å². The van der Waals surface area contributed by atoms with Crippen LogP contribution < -0.4 is 11.4 Å². The molecule has 0 bridgehead atoms. The highest BCUT2D eigenvalue weighted by Gasteiger charge is 2.06. The van der Waals surface area contributed by atoms with E-state index in [1.54, 1.807) is 12.1 Å². The number of hydrogen-bond donors (Lipinski definition) is 3. The fraction of sp³-hybridized carbons (Fsp3) is 0.100. The second-order valence-corrected chi connectivity index (χ2v) is 3.43. The van der Waals surface area contributed by atoms with E-state index in [2.05, 4.69) is 10.2 Å². The van der Waals surface area contributed by atoms with Crippen LogP contribution in [0.4, 0.5) is 0 Å². The standard InChI is InChI=1S/C10H9N3O4/c14-8(15)5-6-1-3-7(4-2-6)13-9(16)11-12-10(13)17/h1-4H,5H2,(H,11,16)(H,12,17)(H,14,15). The van der Waals surface area contributed by atoms with Crippen molar-refractivity contribution in [2.45, 2.75) is 6.42 Å². The topological polar surface area (TPSA) is 108 Å². The third-order valence-corrected chi connectivity index (χ3v) is 2.23. The minimum atomic E-state index is -0.936. The third kappa shape index (κ3) is 2.17. The van der Waals surface area contributed by atoms with Crippen LogP contribution in [-0.4, -0.2) is 25.8 Å². The molecule has 3 N–H and O–H groups in total. The van der Waals surface area contributed by atoms with E-state index >= 15 is 0 Å². The van der Waals surface area contributed by atoms with Gasteiger partial charge in [0.25, 0.3) is 0 Å². The number of hydrogen-bond acceptors (Lipinski definition) is 3. The number of carboxylic acids is 1. The van der Waals surface area contributed by atoms with Crippen molar-refractivity contribution in [2.24, 2.45) is 0 Å². The number of aliphatic carboxylic acids is 1. The van der Waals surface area contributed by atoms with Gasteiger partial charge in [0.15, 0.2) is 0 Å². The fourth-order valence-corrected chi connectivity index (χ4v) is 1.48. The monoisotopic (exact) mass is 235 g/mol. The molecule has 7 nitrogen and oxygen atoms in total. The maximum atomic E-state index is 11.3. The van der Waals surface area contributed by atoms with Crippen molar-refractivity contribution in [3.8, 4) is 5.69 Å². The number of benzene rings is 1. The van der Waals surface area contributed by atoms with Crippen molar-refractivity contribution in [3.63, 3.8) is 0 Å². The van der Waals surface area contributed by atoms with E-state index < -0.39 is 17.3 Å². The Hall–Kier alpha value is -2.57. The molecule has 7 heteroatoms. The summed E-state index contributed by atoms with van der Waals surface area (Å²) in [6.45, 7) is 0. The summed E-state index contributed by atoms with van der Waals surface area (Å²) in [4.78, 5) is 33.0. The van der Waals surface area contributed by atoms with Gasteiger partial charge in [-0.25, -0.2) is 24.4 Å². The maximum absolute atomic E-state index is 11.3. The predicted molar refractivity (Wildman–Crippen MR) is 58.4 cm³/mol. The molecule has 0 unspecified atom stereocenters. The lowest BCUT2D eigenvalue weighted by molar-refractivity contribution is -0.136. The Balaban J connectivity index is 2.39. The SMILES string of the molecule is O=C(O)Cc1ccc(-n2c(=O)[nH][nH]c2=O)cc1. The van der Waals surface area contributed by atoms with Gasteiger partial charge < -0.3 is 5.11 Å². The maximum Gasteiger partial charge on any atom is 0.348 e. The number of rotatable bonds is 3. The normalized spacial score (nSPS) is 10.4. The summed E-state index contributed by atoms with van der Waals surface area (Å²) in [5, 5.41) is 12.9. The summed E-state index contributed by atoms with van der Waals surface area (Å²) in [6.07, 6.45) is -0.0985. The van der Waals surface area contributed by atoms with Crippen LogP contribution in [-0.2, 0) is 11.2 Å². The average Bonchev–Trinajstić information content (AvgIpc) is 2.59. The highest BCUT2D eigenvalue weighted by Crippen LogP contribution is 2.06. The van der Waals surface area contributed by atoms with Gasteiger partial charge in [-0.2, -0.15) is 0 Å². The molecule has 0 fully saturated rings. The molecule has 1 heterocycles. The van der Waals surface area contributed by atoms with E-state index in [-0.39, 0.29) is 6.42 Å². The number of nitrogens with one attached hydrogen (secondary N) is 2. The molecule has 0 atom stereocenters. The first-order chi connectivity index (χ1) is 8.08. The Morgan fingerprint density at radius 1 is 1.12 bits per heavy atom. The second kappa shape index (κ2) is 4.12. The fourth-order valence-electron chi connectivity index (χ4n) is 1.48. The summed E-state index contributed by atoms with van der Waals surface area (Å²) in [7, 11) is 0. The quantitative estimate of drug-likeness (QED) is 0.665. The van der Waals surface area contributed by atoms with Crippen LogP contribution in [0.25, 0.3) is 5.69 Å². The zero-order valence-electron chi connectivity index (χ0n) is 8.64. The van der Waals surface area contributed by atoms with Gasteiger partial charge >= 0.3 is 17.3 Å². The van der Waals surface area contributed by atoms with Crippen LogP contribution >= 0.6 is 0 Å². The van der Waals surface area contributed by atoms with E-state index in [1.165, 1.54) is 12.1 Å². The van der Waals surface area contributed by atoms with E-state index in [4.69, 9.17) is 5.11 Å². The molecule has 0 spiro atoms. The van der Waals surface area contributed by atoms with Gasteiger partial charge in [-0.05, 0) is 17.7 Å². The molecule has 0 aliphatic rings. The lowest BCUT2D eigenvalue weighted by Gasteiger charge is -2.00. The number of H-pyrrole nitrogens is 2. The Morgan fingerprint density at radius 3 is 2.12 bits per heavy atom. The van der Waals surface area contributed by atoms with Crippen molar-refractivity contribution in [2.75, 3.05) is 0 Å². The number of nitrogens with zero attached hydrogens (tertiary/aromatic N) is 1. The van der Waals surface area contributed by atoms with Crippen molar-refractivity contribution < 1.29 is 9.90 Å². The van der Waals surface area contributed by atoms with E-state index in [9.17, 15) is 14.4 Å². The molecule has 88 valence electrons. The van der Waals surface area contributed by atoms with Crippen molar-refractivity contribution in [1.29, 1.82) is 0 Å². The van der Waals surface area contributed by atoms with E-state index in [1.807, 2.05) is 0 Å². The molecule has 0 aliphatic carbocycles. The zero-order valence-corrected chi connectivity index (χ0v) is 8.64. The lowest BCUT2D eigenvalue weighted by Crippen LogP contribution is -2.24. The van der Waals surface area contributed by atoms with Crippen LogP contribution in [0.15, 0.2) is 33.9 Å². The number of carboxylic acid groups (broad SMARTS) is 1. The first-order valence-corrected chi connectivity index (χ1v) is 4.79. The number of aromatic nitrogens is 3. The summed E-state index contributed by atoms with van der Waals surface area (Å²) < 4.78 is 0.921. The van der Waals surface area contributed by atoms with Crippen LogP contribution in [0.5, 0.6) is 0 Å². The van der Waals surface area contributed by atoms with Crippen LogP contribution in [0.2, 0.25) is 0 Å². The summed E-state index contributed by atoms with van der Waals surface area (Å²) >= 11 is 0. The summed E-state index contributed by atoms with van der Waals surface area (Å²) in [5.74, 6) is -0.936. The Morgan fingerprint density at radius 2 is 1.65 bits per heavy atom. The number of carbonyl (C=O) groups is 1. The summed E-state index contributed by atoms with van der Waals surface area (Å²) in [5.41, 5.74) is -0.158. The third-order valence-electron chi connectivity index (χ3n) is 2.23. The minimum absolute atomic E-state index is 0.0985. The van der Waals surface area contributed by atoms with Gasteiger partial charge in [-0.1, -0.05) is 12.1 Å². The molecule has 17 heavy (non-hydrogen) atoms. The second-order valence-electron chi connectivity index (χ2n) is 3.43.